The van der Waals surface area contributed by atoms with Gasteiger partial charge in [0.05, 0.1) is 16.8 Å². The maximum Gasteiger partial charge on any atom is 0.262 e. The number of amides is 2. The van der Waals surface area contributed by atoms with Crippen LogP contribution in [0.25, 0.3) is 0 Å². The summed E-state index contributed by atoms with van der Waals surface area (Å²) in [5.41, 5.74) is 4.64. The van der Waals surface area contributed by atoms with Gasteiger partial charge in [0.25, 0.3) is 11.8 Å². The van der Waals surface area contributed by atoms with Crippen molar-refractivity contribution in [1.82, 2.24) is 10.7 Å². The Morgan fingerprint density at radius 3 is 2.28 bits per heavy atom. The molecule has 1 atom stereocenters. The average molecular weight is 435 g/mol. The zero-order chi connectivity index (χ0) is 21.6. The minimum atomic E-state index is -0.775. The fourth-order valence-electron chi connectivity index (χ4n) is 2.53. The van der Waals surface area contributed by atoms with Crippen LogP contribution in [0.1, 0.15) is 29.8 Å². The number of benzene rings is 2. The van der Waals surface area contributed by atoms with Crippen molar-refractivity contribution in [2.75, 3.05) is 19.0 Å². The molecule has 0 radical (unpaired) electrons. The number of hydrazone groups is 1. The van der Waals surface area contributed by atoms with E-state index in [2.05, 4.69) is 15.8 Å². The van der Waals surface area contributed by atoms with Gasteiger partial charge in [-0.05, 0) is 41.8 Å². The number of anilines is 1. The predicted molar refractivity (Wildman–Crippen MR) is 119 cm³/mol. The van der Waals surface area contributed by atoms with E-state index in [9.17, 15) is 9.59 Å². The molecule has 0 aliphatic heterocycles. The number of rotatable bonds is 7. The number of halogens is 2. The molecule has 2 N–H and O–H groups in total. The van der Waals surface area contributed by atoms with Crippen LogP contribution in [0.5, 0.6) is 0 Å². The van der Waals surface area contributed by atoms with Crippen LogP contribution in [0.2, 0.25) is 10.0 Å². The van der Waals surface area contributed by atoms with E-state index < -0.39 is 17.9 Å². The molecule has 2 amide bonds. The highest BCUT2D eigenvalue weighted by atomic mass is 35.5. The number of carbonyl (C=O) groups is 2. The van der Waals surface area contributed by atoms with Crippen molar-refractivity contribution in [3.05, 3.63) is 63.6 Å². The molecule has 154 valence electrons. The van der Waals surface area contributed by atoms with E-state index in [0.29, 0.717) is 5.02 Å². The second-order valence-electron chi connectivity index (χ2n) is 7.04. The number of carbonyl (C=O) groups excluding carboxylic acids is 2. The topological polar surface area (TPSA) is 73.8 Å². The minimum Gasteiger partial charge on any atom is -0.378 e. The lowest BCUT2D eigenvalue weighted by Gasteiger charge is -2.20. The third-order valence-electron chi connectivity index (χ3n) is 4.21. The van der Waals surface area contributed by atoms with Crippen LogP contribution in [0.4, 0.5) is 5.69 Å². The highest BCUT2D eigenvalue weighted by molar-refractivity contribution is 6.36. The van der Waals surface area contributed by atoms with E-state index in [-0.39, 0.29) is 16.5 Å². The highest BCUT2D eigenvalue weighted by Gasteiger charge is 2.25. The third-order valence-corrected chi connectivity index (χ3v) is 4.76. The second kappa shape index (κ2) is 10.3. The van der Waals surface area contributed by atoms with E-state index in [1.165, 1.54) is 12.1 Å². The molecule has 8 heteroatoms. The molecular weight excluding hydrogens is 411 g/mol. The zero-order valence-corrected chi connectivity index (χ0v) is 18.3. The van der Waals surface area contributed by atoms with Crippen molar-refractivity contribution in [2.24, 2.45) is 11.0 Å². The van der Waals surface area contributed by atoms with Crippen LogP contribution in [0.15, 0.2) is 47.6 Å². The molecule has 0 spiro atoms. The predicted octanol–water partition coefficient (Wildman–Crippen LogP) is 3.96. The molecule has 2 aromatic rings. The van der Waals surface area contributed by atoms with Gasteiger partial charge < -0.3 is 10.2 Å². The van der Waals surface area contributed by atoms with Gasteiger partial charge in [0, 0.05) is 24.8 Å². The van der Waals surface area contributed by atoms with Gasteiger partial charge in [0.1, 0.15) is 6.04 Å². The van der Waals surface area contributed by atoms with Crippen LogP contribution < -0.4 is 15.6 Å². The maximum absolute atomic E-state index is 12.5. The third kappa shape index (κ3) is 6.48. The van der Waals surface area contributed by atoms with Crippen LogP contribution in [-0.2, 0) is 4.79 Å². The van der Waals surface area contributed by atoms with Gasteiger partial charge in [-0.25, -0.2) is 5.43 Å². The van der Waals surface area contributed by atoms with Gasteiger partial charge in [-0.15, -0.1) is 0 Å². The number of hydrogen-bond donors (Lipinski definition) is 2. The monoisotopic (exact) mass is 434 g/mol. The molecule has 0 saturated heterocycles. The van der Waals surface area contributed by atoms with Gasteiger partial charge in [-0.2, -0.15) is 5.10 Å². The summed E-state index contributed by atoms with van der Waals surface area (Å²) in [5, 5.41) is 7.35. The maximum atomic E-state index is 12.5. The first-order valence-electron chi connectivity index (χ1n) is 9.05. The molecule has 0 heterocycles. The van der Waals surface area contributed by atoms with Crippen LogP contribution in [0, 0.1) is 5.92 Å². The van der Waals surface area contributed by atoms with Crippen molar-refractivity contribution >= 4 is 46.9 Å². The summed E-state index contributed by atoms with van der Waals surface area (Å²) >= 11 is 11.9. The molecule has 0 bridgehead atoms. The fraction of sp³-hybridized carbons (Fsp3) is 0.286. The van der Waals surface area contributed by atoms with Gasteiger partial charge in [-0.1, -0.05) is 49.2 Å². The Morgan fingerprint density at radius 1 is 1.07 bits per heavy atom. The van der Waals surface area contributed by atoms with E-state index in [1.54, 1.807) is 12.3 Å². The first-order valence-corrected chi connectivity index (χ1v) is 9.81. The van der Waals surface area contributed by atoms with Crippen molar-refractivity contribution in [2.45, 2.75) is 19.9 Å². The molecule has 0 saturated carbocycles. The molecule has 0 fully saturated rings. The number of nitrogens with zero attached hydrogens (tertiary/aromatic N) is 2. The van der Waals surface area contributed by atoms with Crippen LogP contribution >= 0.6 is 23.2 Å². The van der Waals surface area contributed by atoms with E-state index >= 15 is 0 Å². The molecule has 2 rings (SSSR count). The standard InChI is InChI=1S/C21H24Cl2N4O2/c1-13(2)19(25-20(28)17-10-7-15(22)11-18(17)23)21(29)26-24-12-14-5-8-16(9-6-14)27(3)4/h5-13,19H,1-4H3,(H,25,28)(H,26,29)/b24-12+. The van der Waals surface area contributed by atoms with E-state index in [1.807, 2.05) is 57.1 Å². The Morgan fingerprint density at radius 2 is 1.72 bits per heavy atom. The Hall–Kier alpha value is -2.57. The van der Waals surface area contributed by atoms with Gasteiger partial charge in [-0.3, -0.25) is 9.59 Å². The summed E-state index contributed by atoms with van der Waals surface area (Å²) in [5.74, 6) is -1.03. The molecular formula is C21H24Cl2N4O2. The van der Waals surface area contributed by atoms with Crippen LogP contribution in [-0.4, -0.2) is 38.2 Å². The quantitative estimate of drug-likeness (QED) is 0.511. The molecule has 2 aromatic carbocycles. The zero-order valence-electron chi connectivity index (χ0n) is 16.7. The lowest BCUT2D eigenvalue weighted by atomic mass is 10.0. The summed E-state index contributed by atoms with van der Waals surface area (Å²) in [6, 6.07) is 11.5. The first-order chi connectivity index (χ1) is 13.7. The number of hydrogen-bond acceptors (Lipinski definition) is 4. The smallest absolute Gasteiger partial charge is 0.262 e. The van der Waals surface area contributed by atoms with Gasteiger partial charge in [0.2, 0.25) is 0 Å². The van der Waals surface area contributed by atoms with Crippen molar-refractivity contribution in [3.8, 4) is 0 Å². The lowest BCUT2D eigenvalue weighted by molar-refractivity contribution is -0.123. The summed E-state index contributed by atoms with van der Waals surface area (Å²) in [7, 11) is 3.92. The molecule has 0 aliphatic carbocycles. The second-order valence-corrected chi connectivity index (χ2v) is 7.88. The number of nitrogens with one attached hydrogen (secondary N) is 2. The average Bonchev–Trinajstić information content (AvgIpc) is 2.65. The van der Waals surface area contributed by atoms with E-state index in [0.717, 1.165) is 11.3 Å². The summed E-state index contributed by atoms with van der Waals surface area (Å²) < 4.78 is 0. The Bertz CT molecular complexity index is 896. The molecule has 0 aliphatic rings. The summed E-state index contributed by atoms with van der Waals surface area (Å²) in [6.45, 7) is 3.66. The molecule has 0 aromatic heterocycles. The minimum absolute atomic E-state index is 0.153. The summed E-state index contributed by atoms with van der Waals surface area (Å²) in [6.07, 6.45) is 1.55. The Kier molecular flexibility index (Phi) is 8.05. The lowest BCUT2D eigenvalue weighted by Crippen LogP contribution is -2.48. The Balaban J connectivity index is 2.02. The molecule has 1 unspecified atom stereocenters. The first kappa shape index (κ1) is 22.7. The SMILES string of the molecule is CC(C)C(NC(=O)c1ccc(Cl)cc1Cl)C(=O)N/N=C/c1ccc(N(C)C)cc1. The van der Waals surface area contributed by atoms with Crippen molar-refractivity contribution < 1.29 is 9.59 Å². The van der Waals surface area contributed by atoms with Crippen molar-refractivity contribution in [3.63, 3.8) is 0 Å². The van der Waals surface area contributed by atoms with Crippen molar-refractivity contribution in [1.29, 1.82) is 0 Å². The summed E-state index contributed by atoms with van der Waals surface area (Å²) in [4.78, 5) is 27.0. The highest BCUT2D eigenvalue weighted by Crippen LogP contribution is 2.21. The van der Waals surface area contributed by atoms with Gasteiger partial charge >= 0.3 is 0 Å². The normalized spacial score (nSPS) is 12.1. The van der Waals surface area contributed by atoms with Crippen LogP contribution in [0.3, 0.4) is 0 Å². The van der Waals surface area contributed by atoms with E-state index in [4.69, 9.17) is 23.2 Å². The molecule has 6 nitrogen and oxygen atoms in total. The largest absolute Gasteiger partial charge is 0.378 e. The molecule has 29 heavy (non-hydrogen) atoms. The fourth-order valence-corrected chi connectivity index (χ4v) is 3.02. The van der Waals surface area contributed by atoms with Gasteiger partial charge in [0.15, 0.2) is 0 Å². The Labute approximate surface area is 180 Å².